The molecule has 0 spiro atoms. The van der Waals surface area contributed by atoms with E-state index in [-0.39, 0.29) is 31.3 Å². The number of amides is 2. The van der Waals surface area contributed by atoms with Crippen LogP contribution < -0.4 is 15.5 Å². The Bertz CT molecular complexity index is 848. The summed E-state index contributed by atoms with van der Waals surface area (Å²) >= 11 is 0. The van der Waals surface area contributed by atoms with Gasteiger partial charge in [0.25, 0.3) is 5.91 Å². The molecule has 0 saturated heterocycles. The van der Waals surface area contributed by atoms with Crippen molar-refractivity contribution in [1.82, 2.24) is 0 Å². The van der Waals surface area contributed by atoms with Crippen molar-refractivity contribution in [2.45, 2.75) is 6.42 Å². The Hall–Kier alpha value is -3.35. The normalized spacial score (nSPS) is 13.8. The quantitative estimate of drug-likeness (QED) is 0.671. The molecule has 0 fully saturated rings. The van der Waals surface area contributed by atoms with Crippen molar-refractivity contribution in [3.05, 3.63) is 54.1 Å². The van der Waals surface area contributed by atoms with Crippen LogP contribution in [0.15, 0.2) is 48.5 Å². The number of hydrogen-bond donors (Lipinski definition) is 1. The number of methoxy groups -OCH3 is 1. The average Bonchev–Trinajstić information content (AvgIpc) is 2.79. The number of ether oxygens (including phenoxy) is 1. The fourth-order valence-corrected chi connectivity index (χ4v) is 2.88. The molecule has 0 aliphatic carbocycles. The van der Waals surface area contributed by atoms with E-state index in [2.05, 4.69) is 4.74 Å². The lowest BCUT2D eigenvalue weighted by Gasteiger charge is -2.25. The molecule has 0 unspecified atom stereocenters. The number of nitrogens with zero attached hydrogens (tertiary/aromatic N) is 2. The molecule has 0 bridgehead atoms. The van der Waals surface area contributed by atoms with Crippen LogP contribution in [-0.2, 0) is 14.3 Å². The minimum atomic E-state index is -0.522. The van der Waals surface area contributed by atoms with Gasteiger partial charge in [-0.1, -0.05) is 12.1 Å². The van der Waals surface area contributed by atoms with Crippen LogP contribution in [0, 0.1) is 0 Å². The topological polar surface area (TPSA) is 92.9 Å². The molecule has 7 heteroatoms. The van der Waals surface area contributed by atoms with Gasteiger partial charge in [-0.15, -0.1) is 0 Å². The van der Waals surface area contributed by atoms with Crippen molar-refractivity contribution >= 4 is 34.8 Å². The number of nitrogens with two attached hydrogens (primary N) is 1. The largest absolute Gasteiger partial charge is 0.468 e. The van der Waals surface area contributed by atoms with E-state index in [9.17, 15) is 14.4 Å². The van der Waals surface area contributed by atoms with E-state index in [0.29, 0.717) is 22.6 Å². The summed E-state index contributed by atoms with van der Waals surface area (Å²) in [5.41, 5.74) is 7.80. The van der Waals surface area contributed by atoms with Gasteiger partial charge in [-0.2, -0.15) is 0 Å². The zero-order chi connectivity index (χ0) is 18.7. The van der Waals surface area contributed by atoms with Crippen LogP contribution in [0.1, 0.15) is 16.8 Å². The second kappa shape index (κ2) is 7.26. The number of fused-ring (bicyclic) bond motifs is 1. The molecule has 1 aliphatic heterocycles. The number of para-hydroxylation sites is 2. The van der Waals surface area contributed by atoms with Crippen molar-refractivity contribution in [1.29, 1.82) is 0 Å². The van der Waals surface area contributed by atoms with Gasteiger partial charge in [0.05, 0.1) is 18.5 Å². The molecule has 0 saturated carbocycles. The second-order valence-electron chi connectivity index (χ2n) is 5.87. The van der Waals surface area contributed by atoms with Crippen molar-refractivity contribution < 1.29 is 19.1 Å². The van der Waals surface area contributed by atoms with E-state index in [4.69, 9.17) is 5.73 Å². The molecule has 134 valence electrons. The van der Waals surface area contributed by atoms with Crippen LogP contribution >= 0.6 is 0 Å². The summed E-state index contributed by atoms with van der Waals surface area (Å²) in [5.74, 6) is -0.993. The maximum absolute atomic E-state index is 13.0. The molecule has 3 rings (SSSR count). The molecule has 2 aromatic rings. The molecule has 0 aromatic heterocycles. The highest BCUT2D eigenvalue weighted by atomic mass is 16.5. The number of carbonyl (C=O) groups is 3. The first-order valence-corrected chi connectivity index (χ1v) is 8.15. The van der Waals surface area contributed by atoms with E-state index in [1.165, 1.54) is 12.0 Å². The van der Waals surface area contributed by atoms with Gasteiger partial charge in [-0.05, 0) is 36.4 Å². The van der Waals surface area contributed by atoms with Gasteiger partial charge in [-0.3, -0.25) is 19.3 Å². The SMILES string of the molecule is COC(=O)CN1C(=O)CCN(C(=O)c2ccc(N)cc2)c2ccccc21. The lowest BCUT2D eigenvalue weighted by atomic mass is 10.1. The number of benzene rings is 2. The predicted octanol–water partition coefficient (Wildman–Crippen LogP) is 1.83. The Morgan fingerprint density at radius 3 is 2.38 bits per heavy atom. The lowest BCUT2D eigenvalue weighted by molar-refractivity contribution is -0.140. The van der Waals surface area contributed by atoms with Gasteiger partial charge in [0.15, 0.2) is 0 Å². The van der Waals surface area contributed by atoms with Crippen molar-refractivity contribution in [3.8, 4) is 0 Å². The van der Waals surface area contributed by atoms with Gasteiger partial charge in [0.1, 0.15) is 6.54 Å². The zero-order valence-electron chi connectivity index (χ0n) is 14.3. The molecular weight excluding hydrogens is 334 g/mol. The van der Waals surface area contributed by atoms with Gasteiger partial charge >= 0.3 is 5.97 Å². The number of rotatable bonds is 3. The van der Waals surface area contributed by atoms with Crippen LogP contribution in [0.4, 0.5) is 17.1 Å². The van der Waals surface area contributed by atoms with Crippen LogP contribution in [0.2, 0.25) is 0 Å². The summed E-state index contributed by atoms with van der Waals surface area (Å²) in [5, 5.41) is 0. The smallest absolute Gasteiger partial charge is 0.325 e. The van der Waals surface area contributed by atoms with E-state index in [1.54, 1.807) is 53.4 Å². The highest BCUT2D eigenvalue weighted by Crippen LogP contribution is 2.33. The molecule has 7 nitrogen and oxygen atoms in total. The number of hydrogen-bond acceptors (Lipinski definition) is 5. The van der Waals surface area contributed by atoms with Gasteiger partial charge in [-0.25, -0.2) is 0 Å². The van der Waals surface area contributed by atoms with E-state index in [1.807, 2.05) is 0 Å². The maximum atomic E-state index is 13.0. The van der Waals surface area contributed by atoms with Crippen molar-refractivity contribution in [2.24, 2.45) is 0 Å². The molecule has 1 heterocycles. The number of anilines is 3. The fourth-order valence-electron chi connectivity index (χ4n) is 2.88. The summed E-state index contributed by atoms with van der Waals surface area (Å²) in [6.07, 6.45) is 0.104. The van der Waals surface area contributed by atoms with Gasteiger partial charge < -0.3 is 15.4 Å². The standard InChI is InChI=1S/C19H19N3O4/c1-26-18(24)12-22-16-5-3-2-4-15(16)21(11-10-17(22)23)19(25)13-6-8-14(20)9-7-13/h2-9H,10-12,20H2,1H3. The summed E-state index contributed by atoms with van der Waals surface area (Å²) in [4.78, 5) is 40.1. The molecule has 2 aromatic carbocycles. The molecule has 2 amide bonds. The third-order valence-electron chi connectivity index (χ3n) is 4.23. The summed E-state index contributed by atoms with van der Waals surface area (Å²) in [6.45, 7) is 0.0208. The van der Waals surface area contributed by atoms with Crippen LogP contribution in [0.25, 0.3) is 0 Å². The first-order chi connectivity index (χ1) is 12.5. The molecule has 0 atom stereocenters. The van der Waals surface area contributed by atoms with Gasteiger partial charge in [0.2, 0.25) is 5.91 Å². The maximum Gasteiger partial charge on any atom is 0.325 e. The minimum Gasteiger partial charge on any atom is -0.468 e. The Kier molecular flexibility index (Phi) is 4.88. The van der Waals surface area contributed by atoms with E-state index < -0.39 is 5.97 Å². The molecule has 1 aliphatic rings. The summed E-state index contributed by atoms with van der Waals surface area (Å²) in [7, 11) is 1.27. The Balaban J connectivity index is 2.00. The minimum absolute atomic E-state index is 0.104. The summed E-state index contributed by atoms with van der Waals surface area (Å²) in [6, 6.07) is 13.6. The highest BCUT2D eigenvalue weighted by molar-refractivity contribution is 6.11. The molecule has 2 N–H and O–H groups in total. The predicted molar refractivity (Wildman–Crippen MR) is 98.0 cm³/mol. The third-order valence-corrected chi connectivity index (χ3v) is 4.23. The first-order valence-electron chi connectivity index (χ1n) is 8.15. The van der Waals surface area contributed by atoms with E-state index in [0.717, 1.165) is 0 Å². The van der Waals surface area contributed by atoms with Crippen molar-refractivity contribution in [2.75, 3.05) is 35.7 Å². The monoisotopic (exact) mass is 353 g/mol. The lowest BCUT2D eigenvalue weighted by Crippen LogP contribution is -2.35. The van der Waals surface area contributed by atoms with Crippen LogP contribution in [-0.4, -0.2) is 38.0 Å². The molecular formula is C19H19N3O4. The summed E-state index contributed by atoms with van der Waals surface area (Å²) < 4.78 is 4.69. The van der Waals surface area contributed by atoms with Crippen LogP contribution in [0.3, 0.4) is 0 Å². The average molecular weight is 353 g/mol. The van der Waals surface area contributed by atoms with E-state index >= 15 is 0 Å². The fraction of sp³-hybridized carbons (Fsp3) is 0.211. The Morgan fingerprint density at radius 1 is 1.08 bits per heavy atom. The number of carbonyl (C=O) groups excluding carboxylic acids is 3. The van der Waals surface area contributed by atoms with Crippen LogP contribution in [0.5, 0.6) is 0 Å². The molecule has 0 radical (unpaired) electrons. The van der Waals surface area contributed by atoms with Crippen molar-refractivity contribution in [3.63, 3.8) is 0 Å². The van der Waals surface area contributed by atoms with Gasteiger partial charge in [0, 0.05) is 24.2 Å². The second-order valence-corrected chi connectivity index (χ2v) is 5.87. The first kappa shape index (κ1) is 17.5. The Labute approximate surface area is 150 Å². The number of esters is 1. The Morgan fingerprint density at radius 2 is 1.73 bits per heavy atom. The third kappa shape index (κ3) is 3.37. The highest BCUT2D eigenvalue weighted by Gasteiger charge is 2.30. The molecule has 26 heavy (non-hydrogen) atoms. The zero-order valence-corrected chi connectivity index (χ0v) is 14.3. The number of nitrogen functional groups attached to an aromatic ring is 1.